The van der Waals surface area contributed by atoms with E-state index in [0.717, 1.165) is 12.8 Å². The van der Waals surface area contributed by atoms with Crippen molar-refractivity contribution in [2.45, 2.75) is 50.6 Å². The number of hydrogen-bond donors (Lipinski definition) is 1. The number of carboxylic acids is 1. The third kappa shape index (κ3) is 2.69. The molecule has 0 saturated carbocycles. The van der Waals surface area contributed by atoms with E-state index < -0.39 is 23.5 Å². The van der Waals surface area contributed by atoms with Crippen molar-refractivity contribution >= 4 is 18.0 Å². The number of nitrogens with zero attached hydrogens (tertiary/aromatic N) is 2. The summed E-state index contributed by atoms with van der Waals surface area (Å²) in [6.45, 7) is 2.44. The summed E-state index contributed by atoms with van der Waals surface area (Å²) in [5.41, 5.74) is -1.19. The third-order valence-electron chi connectivity index (χ3n) is 4.55. The highest BCUT2D eigenvalue weighted by atomic mass is 16.5. The molecular formula is C14H22N2O5. The molecule has 2 fully saturated rings. The summed E-state index contributed by atoms with van der Waals surface area (Å²) in [7, 11) is 1.30. The predicted molar refractivity (Wildman–Crippen MR) is 73.7 cm³/mol. The Kier molecular flexibility index (Phi) is 4.39. The van der Waals surface area contributed by atoms with E-state index in [4.69, 9.17) is 4.74 Å². The van der Waals surface area contributed by atoms with Gasteiger partial charge in [-0.2, -0.15) is 0 Å². The SMILES string of the molecule is COC(=O)C1CCCCN1C(=O)N1CCCC1(C)C(=O)O. The number of amides is 2. The summed E-state index contributed by atoms with van der Waals surface area (Å²) < 4.78 is 4.76. The largest absolute Gasteiger partial charge is 0.480 e. The molecule has 2 amide bonds. The maximum absolute atomic E-state index is 12.7. The number of hydrogen-bond acceptors (Lipinski definition) is 4. The Morgan fingerprint density at radius 1 is 1.19 bits per heavy atom. The van der Waals surface area contributed by atoms with E-state index in [-0.39, 0.29) is 6.03 Å². The van der Waals surface area contributed by atoms with Crippen LogP contribution in [0.3, 0.4) is 0 Å². The van der Waals surface area contributed by atoms with Crippen LogP contribution in [0.25, 0.3) is 0 Å². The van der Waals surface area contributed by atoms with Gasteiger partial charge in [-0.1, -0.05) is 0 Å². The quantitative estimate of drug-likeness (QED) is 0.771. The number of esters is 1. The van der Waals surface area contributed by atoms with Gasteiger partial charge in [0, 0.05) is 13.1 Å². The van der Waals surface area contributed by atoms with E-state index in [1.807, 2.05) is 0 Å². The normalized spacial score (nSPS) is 29.3. The smallest absolute Gasteiger partial charge is 0.329 e. The van der Waals surface area contributed by atoms with Crippen molar-refractivity contribution in [3.8, 4) is 0 Å². The molecule has 2 rings (SSSR count). The van der Waals surface area contributed by atoms with Gasteiger partial charge in [0.15, 0.2) is 0 Å². The van der Waals surface area contributed by atoms with Crippen molar-refractivity contribution in [1.82, 2.24) is 9.80 Å². The zero-order valence-corrected chi connectivity index (χ0v) is 12.5. The number of aliphatic carboxylic acids is 1. The van der Waals surface area contributed by atoms with E-state index in [1.54, 1.807) is 6.92 Å². The van der Waals surface area contributed by atoms with Gasteiger partial charge in [0.2, 0.25) is 0 Å². The molecule has 2 aliphatic heterocycles. The van der Waals surface area contributed by atoms with Gasteiger partial charge >= 0.3 is 18.0 Å². The number of rotatable bonds is 2. The van der Waals surface area contributed by atoms with Gasteiger partial charge in [-0.3, -0.25) is 0 Å². The minimum atomic E-state index is -1.19. The van der Waals surface area contributed by atoms with Crippen LogP contribution in [-0.2, 0) is 14.3 Å². The molecule has 0 aliphatic carbocycles. The first-order valence-corrected chi connectivity index (χ1v) is 7.31. The lowest BCUT2D eigenvalue weighted by molar-refractivity contribution is -0.148. The monoisotopic (exact) mass is 298 g/mol. The molecule has 0 spiro atoms. The zero-order valence-electron chi connectivity index (χ0n) is 12.5. The number of carbonyl (C=O) groups excluding carboxylic acids is 2. The van der Waals surface area contributed by atoms with Gasteiger partial charge in [0.25, 0.3) is 0 Å². The van der Waals surface area contributed by atoms with Gasteiger partial charge in [0.05, 0.1) is 7.11 Å². The van der Waals surface area contributed by atoms with Crippen molar-refractivity contribution in [3.63, 3.8) is 0 Å². The number of methoxy groups -OCH3 is 1. The van der Waals surface area contributed by atoms with Crippen LogP contribution in [0.15, 0.2) is 0 Å². The van der Waals surface area contributed by atoms with Gasteiger partial charge < -0.3 is 19.6 Å². The number of carbonyl (C=O) groups is 3. The average Bonchev–Trinajstić information content (AvgIpc) is 2.89. The topological polar surface area (TPSA) is 87.2 Å². The second-order valence-corrected chi connectivity index (χ2v) is 5.84. The molecule has 2 aliphatic rings. The molecule has 2 heterocycles. The first-order chi connectivity index (χ1) is 9.91. The van der Waals surface area contributed by atoms with E-state index in [2.05, 4.69) is 0 Å². The van der Waals surface area contributed by atoms with Crippen LogP contribution in [0.4, 0.5) is 4.79 Å². The molecule has 7 heteroatoms. The maximum atomic E-state index is 12.7. The molecule has 2 saturated heterocycles. The maximum Gasteiger partial charge on any atom is 0.329 e. The van der Waals surface area contributed by atoms with Gasteiger partial charge in [-0.05, 0) is 39.0 Å². The number of ether oxygens (including phenoxy) is 1. The van der Waals surface area contributed by atoms with Gasteiger partial charge in [-0.25, -0.2) is 14.4 Å². The summed E-state index contributed by atoms with van der Waals surface area (Å²) >= 11 is 0. The van der Waals surface area contributed by atoms with E-state index >= 15 is 0 Å². The van der Waals surface area contributed by atoms with Crippen LogP contribution in [0.2, 0.25) is 0 Å². The lowest BCUT2D eigenvalue weighted by atomic mass is 9.99. The number of piperidine rings is 1. The van der Waals surface area contributed by atoms with E-state index in [0.29, 0.717) is 32.4 Å². The molecule has 0 aromatic rings. The van der Waals surface area contributed by atoms with Crippen LogP contribution in [-0.4, -0.2) is 64.7 Å². The molecule has 2 unspecified atom stereocenters. The Balaban J connectivity index is 2.21. The second kappa shape index (κ2) is 5.91. The summed E-state index contributed by atoms with van der Waals surface area (Å²) in [5.74, 6) is -1.43. The van der Waals surface area contributed by atoms with Crippen molar-refractivity contribution < 1.29 is 24.2 Å². The second-order valence-electron chi connectivity index (χ2n) is 5.84. The van der Waals surface area contributed by atoms with E-state index in [1.165, 1.54) is 16.9 Å². The molecular weight excluding hydrogens is 276 g/mol. The molecule has 7 nitrogen and oxygen atoms in total. The first kappa shape index (κ1) is 15.6. The number of carboxylic acid groups (broad SMARTS) is 1. The lowest BCUT2D eigenvalue weighted by Gasteiger charge is -2.40. The minimum absolute atomic E-state index is 0.368. The van der Waals surface area contributed by atoms with Crippen molar-refractivity contribution in [3.05, 3.63) is 0 Å². The first-order valence-electron chi connectivity index (χ1n) is 7.31. The van der Waals surface area contributed by atoms with Crippen molar-refractivity contribution in [2.24, 2.45) is 0 Å². The molecule has 0 aromatic heterocycles. The van der Waals surface area contributed by atoms with Crippen molar-refractivity contribution in [2.75, 3.05) is 20.2 Å². The fourth-order valence-corrected chi connectivity index (χ4v) is 3.19. The Labute approximate surface area is 123 Å². The highest BCUT2D eigenvalue weighted by molar-refractivity contribution is 5.89. The molecule has 0 bridgehead atoms. The van der Waals surface area contributed by atoms with E-state index in [9.17, 15) is 19.5 Å². The highest BCUT2D eigenvalue weighted by Crippen LogP contribution is 2.32. The molecule has 118 valence electrons. The van der Waals surface area contributed by atoms with Crippen molar-refractivity contribution in [1.29, 1.82) is 0 Å². The fourth-order valence-electron chi connectivity index (χ4n) is 3.19. The highest BCUT2D eigenvalue weighted by Gasteiger charge is 2.48. The molecule has 0 aromatic carbocycles. The summed E-state index contributed by atoms with van der Waals surface area (Å²) in [6.07, 6.45) is 3.34. The fraction of sp³-hybridized carbons (Fsp3) is 0.786. The third-order valence-corrected chi connectivity index (χ3v) is 4.55. The van der Waals surface area contributed by atoms with Crippen LogP contribution in [0, 0.1) is 0 Å². The zero-order chi connectivity index (χ0) is 15.6. The lowest BCUT2D eigenvalue weighted by Crippen LogP contribution is -2.59. The number of urea groups is 1. The minimum Gasteiger partial charge on any atom is -0.480 e. The number of likely N-dealkylation sites (tertiary alicyclic amines) is 2. The standard InChI is InChI=1S/C14H22N2O5/c1-14(12(18)19)7-5-9-16(14)13(20)15-8-4-3-6-10(15)11(17)21-2/h10H,3-9H2,1-2H3,(H,18,19). The van der Waals surface area contributed by atoms with Crippen LogP contribution in [0.1, 0.15) is 39.0 Å². The Morgan fingerprint density at radius 3 is 2.52 bits per heavy atom. The molecule has 2 atom stereocenters. The van der Waals surface area contributed by atoms with Gasteiger partial charge in [-0.15, -0.1) is 0 Å². The Morgan fingerprint density at radius 2 is 1.90 bits per heavy atom. The van der Waals surface area contributed by atoms with Crippen LogP contribution in [0.5, 0.6) is 0 Å². The molecule has 0 radical (unpaired) electrons. The Hall–Kier alpha value is -1.79. The summed E-state index contributed by atoms with van der Waals surface area (Å²) in [4.78, 5) is 38.9. The Bertz CT molecular complexity index is 453. The average molecular weight is 298 g/mol. The van der Waals surface area contributed by atoms with Crippen LogP contribution >= 0.6 is 0 Å². The summed E-state index contributed by atoms with van der Waals surface area (Å²) in [5, 5.41) is 9.41. The van der Waals surface area contributed by atoms with Gasteiger partial charge in [0.1, 0.15) is 11.6 Å². The summed E-state index contributed by atoms with van der Waals surface area (Å²) in [6, 6.07) is -0.970. The molecule has 1 N–H and O–H groups in total. The van der Waals surface area contributed by atoms with Crippen LogP contribution < -0.4 is 0 Å². The predicted octanol–water partition coefficient (Wildman–Crippen LogP) is 1.07. The molecule has 21 heavy (non-hydrogen) atoms.